The minimum absolute atomic E-state index is 0.00379. The lowest BCUT2D eigenvalue weighted by Crippen LogP contribution is -2.31. The van der Waals surface area contributed by atoms with E-state index in [1.165, 1.54) is 16.2 Å². The van der Waals surface area contributed by atoms with Gasteiger partial charge in [-0.15, -0.1) is 11.8 Å². The minimum Gasteiger partial charge on any atom is -0.283 e. The summed E-state index contributed by atoms with van der Waals surface area (Å²) in [6, 6.07) is 17.5. The number of nitrogens with zero attached hydrogens (tertiary/aromatic N) is 3. The highest BCUT2D eigenvalue weighted by molar-refractivity contribution is 7.98. The molecule has 0 fully saturated rings. The summed E-state index contributed by atoms with van der Waals surface area (Å²) in [6.07, 6.45) is 5.85. The second-order valence-electron chi connectivity index (χ2n) is 6.47. The van der Waals surface area contributed by atoms with Gasteiger partial charge in [0, 0.05) is 22.3 Å². The van der Waals surface area contributed by atoms with Gasteiger partial charge >= 0.3 is 0 Å². The number of hydrogen-bond acceptors (Lipinski definition) is 5. The largest absolute Gasteiger partial charge is 0.283 e. The second kappa shape index (κ2) is 8.95. The second-order valence-corrected chi connectivity index (χ2v) is 8.80. The van der Waals surface area contributed by atoms with Crippen LogP contribution >= 0.6 is 34.7 Å². The molecule has 0 aliphatic rings. The number of anilines is 1. The van der Waals surface area contributed by atoms with Gasteiger partial charge in [-0.2, -0.15) is 0 Å². The number of halogens is 1. The summed E-state index contributed by atoms with van der Waals surface area (Å²) in [5.74, 6) is -0.00379. The summed E-state index contributed by atoms with van der Waals surface area (Å²) in [5.41, 5.74) is 2.77. The van der Waals surface area contributed by atoms with Crippen LogP contribution in [0.4, 0.5) is 5.13 Å². The molecule has 4 aromatic rings. The average molecular weight is 440 g/mol. The van der Waals surface area contributed by atoms with Crippen LogP contribution in [0.25, 0.3) is 10.2 Å². The van der Waals surface area contributed by atoms with E-state index in [0.29, 0.717) is 23.1 Å². The van der Waals surface area contributed by atoms with Crippen molar-refractivity contribution in [2.45, 2.75) is 17.9 Å². The van der Waals surface area contributed by atoms with Crippen molar-refractivity contribution in [1.29, 1.82) is 0 Å². The molecule has 146 valence electrons. The minimum atomic E-state index is -0.00379. The monoisotopic (exact) mass is 439 g/mol. The summed E-state index contributed by atoms with van der Waals surface area (Å²) in [4.78, 5) is 25.0. The van der Waals surface area contributed by atoms with Crippen LogP contribution in [-0.2, 0) is 17.8 Å². The number of amides is 1. The molecule has 0 saturated carbocycles. The Labute approximate surface area is 182 Å². The van der Waals surface area contributed by atoms with Crippen molar-refractivity contribution in [3.8, 4) is 0 Å². The summed E-state index contributed by atoms with van der Waals surface area (Å²) in [7, 11) is 0. The molecule has 0 aliphatic heterocycles. The maximum Gasteiger partial charge on any atom is 0.233 e. The van der Waals surface area contributed by atoms with Gasteiger partial charge in [-0.1, -0.05) is 41.1 Å². The van der Waals surface area contributed by atoms with E-state index < -0.39 is 0 Å². The van der Waals surface area contributed by atoms with Crippen molar-refractivity contribution in [1.82, 2.24) is 9.97 Å². The van der Waals surface area contributed by atoms with Gasteiger partial charge in [0.15, 0.2) is 5.13 Å². The Morgan fingerprint density at radius 3 is 2.69 bits per heavy atom. The molecule has 0 radical (unpaired) electrons. The van der Waals surface area contributed by atoms with Gasteiger partial charge < -0.3 is 0 Å². The van der Waals surface area contributed by atoms with E-state index in [4.69, 9.17) is 11.6 Å². The van der Waals surface area contributed by atoms with E-state index in [0.717, 1.165) is 21.3 Å². The smallest absolute Gasteiger partial charge is 0.233 e. The van der Waals surface area contributed by atoms with Crippen molar-refractivity contribution in [2.24, 2.45) is 0 Å². The molecule has 0 unspecified atom stereocenters. The molecule has 29 heavy (non-hydrogen) atoms. The van der Waals surface area contributed by atoms with Crippen LogP contribution in [0.1, 0.15) is 11.1 Å². The normalized spacial score (nSPS) is 11.0. The molecule has 2 heterocycles. The lowest BCUT2D eigenvalue weighted by molar-refractivity contribution is -0.118. The molecule has 0 saturated heterocycles. The molecule has 2 aromatic heterocycles. The third-order valence-corrected chi connectivity index (χ3v) is 6.47. The van der Waals surface area contributed by atoms with Gasteiger partial charge in [-0.05, 0) is 53.8 Å². The summed E-state index contributed by atoms with van der Waals surface area (Å²) < 4.78 is 0.959. The Morgan fingerprint density at radius 2 is 1.97 bits per heavy atom. The van der Waals surface area contributed by atoms with Crippen LogP contribution in [0.3, 0.4) is 0 Å². The topological polar surface area (TPSA) is 46.1 Å². The van der Waals surface area contributed by atoms with E-state index >= 15 is 0 Å². The van der Waals surface area contributed by atoms with Crippen LogP contribution in [0.15, 0.2) is 71.9 Å². The number of hydrogen-bond donors (Lipinski definition) is 0. The van der Waals surface area contributed by atoms with Gasteiger partial charge in [0.1, 0.15) is 0 Å². The zero-order valence-corrected chi connectivity index (χ0v) is 18.1. The number of thiazole rings is 1. The number of carbonyl (C=O) groups excluding carboxylic acids is 1. The van der Waals surface area contributed by atoms with Crippen molar-refractivity contribution in [3.63, 3.8) is 0 Å². The van der Waals surface area contributed by atoms with Crippen LogP contribution in [-0.4, -0.2) is 22.1 Å². The van der Waals surface area contributed by atoms with E-state index in [-0.39, 0.29) is 5.91 Å². The molecule has 4 nitrogen and oxygen atoms in total. The molecule has 4 rings (SSSR count). The molecule has 0 aliphatic carbocycles. The number of pyridine rings is 1. The van der Waals surface area contributed by atoms with Crippen molar-refractivity contribution in [3.05, 3.63) is 83.1 Å². The van der Waals surface area contributed by atoms with Crippen LogP contribution < -0.4 is 4.90 Å². The van der Waals surface area contributed by atoms with Gasteiger partial charge in [-0.25, -0.2) is 4.98 Å². The first-order chi connectivity index (χ1) is 14.1. The third-order valence-electron chi connectivity index (χ3n) is 4.45. The third kappa shape index (κ3) is 4.78. The maximum absolute atomic E-state index is 13.3. The first kappa shape index (κ1) is 19.9. The fourth-order valence-corrected chi connectivity index (χ4v) is 4.62. The molecule has 0 bridgehead atoms. The Balaban J connectivity index is 1.65. The van der Waals surface area contributed by atoms with Gasteiger partial charge in [0.25, 0.3) is 0 Å². The van der Waals surface area contributed by atoms with Gasteiger partial charge in [-0.3, -0.25) is 14.7 Å². The summed E-state index contributed by atoms with van der Waals surface area (Å²) >= 11 is 9.27. The Morgan fingerprint density at radius 1 is 1.14 bits per heavy atom. The molecular formula is C22H18ClN3OS2. The lowest BCUT2D eigenvalue weighted by Gasteiger charge is -2.20. The number of benzene rings is 2. The standard InChI is InChI=1S/C22H18ClN3OS2/c1-28-18-7-4-15(5-8-18)11-21(27)26(14-16-3-2-10-24-13-16)22-25-19-9-6-17(23)12-20(19)29-22/h2-10,12-13H,11,14H2,1H3. The van der Waals surface area contributed by atoms with Crippen LogP contribution in [0.2, 0.25) is 5.02 Å². The maximum atomic E-state index is 13.3. The SMILES string of the molecule is CSc1ccc(CC(=O)N(Cc2cccnc2)c2nc3ccc(Cl)cc3s2)cc1. The van der Waals surface area contributed by atoms with Crippen molar-refractivity contribution < 1.29 is 4.79 Å². The van der Waals surface area contributed by atoms with E-state index in [1.807, 2.05) is 60.9 Å². The number of rotatable bonds is 6. The fourth-order valence-electron chi connectivity index (χ4n) is 2.95. The molecule has 0 spiro atoms. The molecule has 0 atom stereocenters. The highest BCUT2D eigenvalue weighted by Gasteiger charge is 2.21. The fraction of sp³-hybridized carbons (Fsp3) is 0.136. The van der Waals surface area contributed by atoms with E-state index in [1.54, 1.807) is 29.1 Å². The first-order valence-corrected chi connectivity index (χ1v) is 11.4. The zero-order chi connectivity index (χ0) is 20.2. The lowest BCUT2D eigenvalue weighted by atomic mass is 10.1. The van der Waals surface area contributed by atoms with Crippen molar-refractivity contribution >= 4 is 56.0 Å². The molecule has 7 heteroatoms. The number of aromatic nitrogens is 2. The van der Waals surface area contributed by atoms with Crippen LogP contribution in [0.5, 0.6) is 0 Å². The van der Waals surface area contributed by atoms with Gasteiger partial charge in [0.05, 0.1) is 23.2 Å². The Hall–Kier alpha value is -2.41. The zero-order valence-electron chi connectivity index (χ0n) is 15.7. The molecule has 2 aromatic carbocycles. The number of thioether (sulfide) groups is 1. The number of fused-ring (bicyclic) bond motifs is 1. The van der Waals surface area contributed by atoms with E-state index in [2.05, 4.69) is 9.97 Å². The van der Waals surface area contributed by atoms with Crippen LogP contribution in [0, 0.1) is 0 Å². The predicted octanol–water partition coefficient (Wildman–Crippen LogP) is 5.84. The Kier molecular flexibility index (Phi) is 6.13. The van der Waals surface area contributed by atoms with Crippen molar-refractivity contribution in [2.75, 3.05) is 11.2 Å². The quantitative estimate of drug-likeness (QED) is 0.354. The molecule has 0 N–H and O–H groups in total. The molecule has 1 amide bonds. The highest BCUT2D eigenvalue weighted by Crippen LogP contribution is 2.32. The molecular weight excluding hydrogens is 422 g/mol. The highest BCUT2D eigenvalue weighted by atomic mass is 35.5. The Bertz CT molecular complexity index is 1130. The predicted molar refractivity (Wildman–Crippen MR) is 122 cm³/mol. The average Bonchev–Trinajstić information content (AvgIpc) is 3.16. The first-order valence-electron chi connectivity index (χ1n) is 9.00. The summed E-state index contributed by atoms with van der Waals surface area (Å²) in [5, 5.41) is 1.32. The number of carbonyl (C=O) groups is 1. The van der Waals surface area contributed by atoms with E-state index in [9.17, 15) is 4.79 Å². The van der Waals surface area contributed by atoms with Gasteiger partial charge in [0.2, 0.25) is 5.91 Å². The summed E-state index contributed by atoms with van der Waals surface area (Å²) in [6.45, 7) is 0.420.